The Balaban J connectivity index is 3.45. The fourth-order valence-corrected chi connectivity index (χ4v) is 1.40. The van der Waals surface area contributed by atoms with Crippen molar-refractivity contribution in [3.05, 3.63) is 17.5 Å². The number of hydrogen-bond acceptors (Lipinski definition) is 4. The van der Waals surface area contributed by atoms with Crippen LogP contribution in [-0.4, -0.2) is 29.5 Å². The maximum Gasteiger partial charge on any atom is 0.573 e. The molecule has 0 aliphatic carbocycles. The molecule has 0 spiro atoms. The molecular formula is C9H7ClF3NO4. The summed E-state index contributed by atoms with van der Waals surface area (Å²) in [6, 6.07) is 0. The molecule has 0 unspecified atom stereocenters. The number of pyridine rings is 1. The smallest absolute Gasteiger partial charge is 0.491 e. The molecule has 0 amide bonds. The standard InChI is InChI=1S/C9H7ClF3NO4/c1-17-5-3-14-4(2-10)6(8(15)16)7(5)18-9(11,12)13/h3H,2H2,1H3,(H,15,16). The first-order valence-corrected chi connectivity index (χ1v) is 4.94. The highest BCUT2D eigenvalue weighted by Crippen LogP contribution is 2.36. The number of alkyl halides is 4. The first kappa shape index (κ1) is 14.4. The van der Waals surface area contributed by atoms with Crippen molar-refractivity contribution in [2.45, 2.75) is 12.2 Å². The fraction of sp³-hybridized carbons (Fsp3) is 0.333. The van der Waals surface area contributed by atoms with Gasteiger partial charge in [-0.3, -0.25) is 4.98 Å². The Hall–Kier alpha value is -1.70. The molecule has 0 radical (unpaired) electrons. The Morgan fingerprint density at radius 3 is 2.56 bits per heavy atom. The van der Waals surface area contributed by atoms with Crippen molar-refractivity contribution < 1.29 is 32.5 Å². The van der Waals surface area contributed by atoms with Crippen molar-refractivity contribution in [3.63, 3.8) is 0 Å². The molecule has 1 aromatic rings. The van der Waals surface area contributed by atoms with E-state index in [2.05, 4.69) is 14.5 Å². The van der Waals surface area contributed by atoms with Crippen LogP contribution in [0.1, 0.15) is 16.1 Å². The molecule has 0 aliphatic heterocycles. The number of ether oxygens (including phenoxy) is 2. The van der Waals surface area contributed by atoms with Gasteiger partial charge in [-0.25, -0.2) is 4.79 Å². The summed E-state index contributed by atoms with van der Waals surface area (Å²) in [5, 5.41) is 8.89. The van der Waals surface area contributed by atoms with Crippen molar-refractivity contribution >= 4 is 17.6 Å². The molecule has 1 heterocycles. The number of rotatable bonds is 4. The highest BCUT2D eigenvalue weighted by Gasteiger charge is 2.36. The lowest BCUT2D eigenvalue weighted by atomic mass is 10.2. The molecule has 9 heteroatoms. The van der Waals surface area contributed by atoms with Gasteiger partial charge in [-0.2, -0.15) is 0 Å². The number of carbonyl (C=O) groups is 1. The molecular weight excluding hydrogens is 279 g/mol. The fourth-order valence-electron chi connectivity index (χ4n) is 1.20. The van der Waals surface area contributed by atoms with Crippen LogP contribution in [-0.2, 0) is 5.88 Å². The Labute approximate surface area is 104 Å². The van der Waals surface area contributed by atoms with E-state index in [0.29, 0.717) is 0 Å². The zero-order chi connectivity index (χ0) is 13.9. The van der Waals surface area contributed by atoms with Gasteiger partial charge in [0.2, 0.25) is 0 Å². The van der Waals surface area contributed by atoms with E-state index in [-0.39, 0.29) is 11.6 Å². The molecule has 100 valence electrons. The van der Waals surface area contributed by atoms with Gasteiger partial charge in [-0.1, -0.05) is 0 Å². The Bertz CT molecular complexity index is 464. The number of methoxy groups -OCH3 is 1. The molecule has 0 saturated heterocycles. The van der Waals surface area contributed by atoms with Crippen LogP contribution in [0.4, 0.5) is 13.2 Å². The number of nitrogens with zero attached hydrogens (tertiary/aromatic N) is 1. The van der Waals surface area contributed by atoms with E-state index in [1.165, 1.54) is 0 Å². The summed E-state index contributed by atoms with van der Waals surface area (Å²) < 4.78 is 44.9. The van der Waals surface area contributed by atoms with Gasteiger partial charge in [0.1, 0.15) is 5.56 Å². The largest absolute Gasteiger partial charge is 0.573 e. The summed E-state index contributed by atoms with van der Waals surface area (Å²) in [7, 11) is 1.06. The molecule has 18 heavy (non-hydrogen) atoms. The van der Waals surface area contributed by atoms with E-state index >= 15 is 0 Å². The third kappa shape index (κ3) is 3.16. The van der Waals surface area contributed by atoms with Gasteiger partial charge >= 0.3 is 12.3 Å². The van der Waals surface area contributed by atoms with Crippen LogP contribution in [0.15, 0.2) is 6.20 Å². The molecule has 0 fully saturated rings. The van der Waals surface area contributed by atoms with Crippen LogP contribution >= 0.6 is 11.6 Å². The highest BCUT2D eigenvalue weighted by atomic mass is 35.5. The molecule has 1 N–H and O–H groups in total. The highest BCUT2D eigenvalue weighted by molar-refractivity contribution is 6.17. The van der Waals surface area contributed by atoms with Crippen LogP contribution < -0.4 is 9.47 Å². The summed E-state index contributed by atoms with van der Waals surface area (Å²) in [5.41, 5.74) is -1.02. The van der Waals surface area contributed by atoms with E-state index in [1.807, 2.05) is 0 Å². The topological polar surface area (TPSA) is 68.7 Å². The van der Waals surface area contributed by atoms with E-state index in [9.17, 15) is 18.0 Å². The monoisotopic (exact) mass is 285 g/mol. The second-order valence-electron chi connectivity index (χ2n) is 2.96. The van der Waals surface area contributed by atoms with Gasteiger partial charge in [0.25, 0.3) is 0 Å². The molecule has 0 aromatic carbocycles. The summed E-state index contributed by atoms with van der Waals surface area (Å²) >= 11 is 5.41. The number of hydrogen-bond donors (Lipinski definition) is 1. The predicted octanol–water partition coefficient (Wildman–Crippen LogP) is 2.43. The average Bonchev–Trinajstić information content (AvgIpc) is 2.25. The minimum Gasteiger partial charge on any atom is -0.491 e. The zero-order valence-corrected chi connectivity index (χ0v) is 9.67. The quantitative estimate of drug-likeness (QED) is 0.861. The lowest BCUT2D eigenvalue weighted by Gasteiger charge is -2.15. The third-order valence-corrected chi connectivity index (χ3v) is 2.11. The van der Waals surface area contributed by atoms with Crippen molar-refractivity contribution in [2.75, 3.05) is 7.11 Å². The predicted molar refractivity (Wildman–Crippen MR) is 54.0 cm³/mol. The van der Waals surface area contributed by atoms with Crippen molar-refractivity contribution in [1.82, 2.24) is 4.98 Å². The average molecular weight is 286 g/mol. The Morgan fingerprint density at radius 1 is 1.56 bits per heavy atom. The van der Waals surface area contributed by atoms with E-state index in [4.69, 9.17) is 16.7 Å². The van der Waals surface area contributed by atoms with Gasteiger partial charge in [-0.05, 0) is 0 Å². The second kappa shape index (κ2) is 5.30. The van der Waals surface area contributed by atoms with Crippen molar-refractivity contribution in [1.29, 1.82) is 0 Å². The van der Waals surface area contributed by atoms with Gasteiger partial charge in [0.05, 0.1) is 24.9 Å². The number of aromatic nitrogens is 1. The van der Waals surface area contributed by atoms with Gasteiger partial charge < -0.3 is 14.6 Å². The maximum absolute atomic E-state index is 12.2. The second-order valence-corrected chi connectivity index (χ2v) is 3.23. The Kier molecular flexibility index (Phi) is 4.23. The van der Waals surface area contributed by atoms with Crippen molar-refractivity contribution in [2.24, 2.45) is 0 Å². The van der Waals surface area contributed by atoms with Crippen molar-refractivity contribution in [3.8, 4) is 11.5 Å². The maximum atomic E-state index is 12.2. The summed E-state index contributed by atoms with van der Waals surface area (Å²) in [6.07, 6.45) is -4.15. The van der Waals surface area contributed by atoms with Gasteiger partial charge in [0, 0.05) is 0 Å². The summed E-state index contributed by atoms with van der Waals surface area (Å²) in [6.45, 7) is 0. The number of carboxylic acid groups (broad SMARTS) is 1. The van der Waals surface area contributed by atoms with E-state index < -0.39 is 29.4 Å². The minimum atomic E-state index is -5.05. The third-order valence-electron chi connectivity index (χ3n) is 1.86. The van der Waals surface area contributed by atoms with E-state index in [0.717, 1.165) is 13.3 Å². The molecule has 0 bridgehead atoms. The minimum absolute atomic E-state index is 0.246. The number of aromatic carboxylic acids is 1. The molecule has 0 saturated carbocycles. The van der Waals surface area contributed by atoms with Crippen LogP contribution in [0.2, 0.25) is 0 Å². The lowest BCUT2D eigenvalue weighted by Crippen LogP contribution is -2.20. The number of carboxylic acids is 1. The SMILES string of the molecule is COc1cnc(CCl)c(C(=O)O)c1OC(F)(F)F. The van der Waals surface area contributed by atoms with E-state index in [1.54, 1.807) is 0 Å². The first-order chi connectivity index (χ1) is 8.30. The molecule has 1 aromatic heterocycles. The first-order valence-electron chi connectivity index (χ1n) is 4.41. The Morgan fingerprint density at radius 2 is 2.17 bits per heavy atom. The molecule has 0 aliphatic rings. The van der Waals surface area contributed by atoms with Gasteiger partial charge in [-0.15, -0.1) is 24.8 Å². The van der Waals surface area contributed by atoms with Crippen LogP contribution in [0.25, 0.3) is 0 Å². The lowest BCUT2D eigenvalue weighted by molar-refractivity contribution is -0.275. The zero-order valence-electron chi connectivity index (χ0n) is 8.92. The normalized spacial score (nSPS) is 11.2. The molecule has 0 atom stereocenters. The van der Waals surface area contributed by atoms with Crippen LogP contribution in [0, 0.1) is 0 Å². The van der Waals surface area contributed by atoms with Crippen LogP contribution in [0.3, 0.4) is 0 Å². The van der Waals surface area contributed by atoms with Crippen LogP contribution in [0.5, 0.6) is 11.5 Å². The summed E-state index contributed by atoms with van der Waals surface area (Å²) in [4.78, 5) is 14.5. The summed E-state index contributed by atoms with van der Waals surface area (Å²) in [5.74, 6) is -3.43. The molecule has 1 rings (SSSR count). The molecule has 5 nitrogen and oxygen atoms in total. The number of halogens is 4. The van der Waals surface area contributed by atoms with Gasteiger partial charge in [0.15, 0.2) is 11.5 Å².